The van der Waals surface area contributed by atoms with Crippen molar-refractivity contribution in [2.75, 3.05) is 39.8 Å². The van der Waals surface area contributed by atoms with Gasteiger partial charge in [0, 0.05) is 44.3 Å². The van der Waals surface area contributed by atoms with E-state index in [0.717, 1.165) is 12.5 Å². The van der Waals surface area contributed by atoms with Gasteiger partial charge < -0.3 is 10.2 Å². The first-order valence-corrected chi connectivity index (χ1v) is 7.48. The number of likely N-dealkylation sites (N-methyl/N-ethyl adjacent to an activating group) is 1. The Kier molecular flexibility index (Phi) is 6.09. The standard InChI is InChI=1S/C15H33N3/c1-13(2)11-14(3)16-12-15(4,5)18-9-7-17(6)8-10-18/h13-14,16H,7-12H2,1-6H3. The van der Waals surface area contributed by atoms with Crippen LogP contribution in [0.25, 0.3) is 0 Å². The molecule has 0 aliphatic carbocycles. The first-order valence-electron chi connectivity index (χ1n) is 7.48. The SMILES string of the molecule is CC(C)CC(C)NCC(C)(C)N1CCN(C)CC1. The predicted molar refractivity (Wildman–Crippen MR) is 80.1 cm³/mol. The fourth-order valence-electron chi connectivity index (χ4n) is 2.74. The van der Waals surface area contributed by atoms with Gasteiger partial charge in [0.1, 0.15) is 0 Å². The van der Waals surface area contributed by atoms with E-state index in [1.807, 2.05) is 0 Å². The van der Waals surface area contributed by atoms with Crippen molar-refractivity contribution in [1.82, 2.24) is 15.1 Å². The molecule has 18 heavy (non-hydrogen) atoms. The number of hydrogen-bond donors (Lipinski definition) is 1. The maximum absolute atomic E-state index is 3.71. The molecule has 1 N–H and O–H groups in total. The summed E-state index contributed by atoms with van der Waals surface area (Å²) in [6.45, 7) is 17.5. The molecule has 1 saturated heterocycles. The lowest BCUT2D eigenvalue weighted by atomic mass is 9.99. The Hall–Kier alpha value is -0.120. The van der Waals surface area contributed by atoms with Gasteiger partial charge in [0.05, 0.1) is 0 Å². The summed E-state index contributed by atoms with van der Waals surface area (Å²) in [7, 11) is 2.22. The Morgan fingerprint density at radius 3 is 2.11 bits per heavy atom. The van der Waals surface area contributed by atoms with Crippen LogP contribution in [0.15, 0.2) is 0 Å². The Morgan fingerprint density at radius 2 is 1.61 bits per heavy atom. The zero-order valence-electron chi connectivity index (χ0n) is 13.3. The molecule has 108 valence electrons. The lowest BCUT2D eigenvalue weighted by molar-refractivity contribution is 0.0600. The van der Waals surface area contributed by atoms with Gasteiger partial charge in [0.15, 0.2) is 0 Å². The van der Waals surface area contributed by atoms with Gasteiger partial charge in [-0.25, -0.2) is 0 Å². The van der Waals surface area contributed by atoms with Crippen molar-refractivity contribution in [1.29, 1.82) is 0 Å². The molecule has 0 aromatic carbocycles. The highest BCUT2D eigenvalue weighted by molar-refractivity contribution is 4.87. The molecule has 1 rings (SSSR count). The molecular weight excluding hydrogens is 222 g/mol. The van der Waals surface area contributed by atoms with E-state index in [0.29, 0.717) is 6.04 Å². The quantitative estimate of drug-likeness (QED) is 0.783. The lowest BCUT2D eigenvalue weighted by Crippen LogP contribution is -2.58. The average molecular weight is 255 g/mol. The van der Waals surface area contributed by atoms with Crippen molar-refractivity contribution < 1.29 is 0 Å². The number of piperazine rings is 1. The van der Waals surface area contributed by atoms with Crippen LogP contribution >= 0.6 is 0 Å². The highest BCUT2D eigenvalue weighted by Gasteiger charge is 2.29. The van der Waals surface area contributed by atoms with E-state index in [9.17, 15) is 0 Å². The predicted octanol–water partition coefficient (Wildman–Crippen LogP) is 2.04. The summed E-state index contributed by atoms with van der Waals surface area (Å²) in [5, 5.41) is 3.71. The molecule has 0 spiro atoms. The second kappa shape index (κ2) is 6.88. The number of rotatable bonds is 6. The maximum Gasteiger partial charge on any atom is 0.0278 e. The van der Waals surface area contributed by atoms with E-state index in [4.69, 9.17) is 0 Å². The smallest absolute Gasteiger partial charge is 0.0278 e. The third kappa shape index (κ3) is 5.25. The minimum atomic E-state index is 0.270. The summed E-state index contributed by atoms with van der Waals surface area (Å²) in [5.41, 5.74) is 0.270. The number of nitrogens with one attached hydrogen (secondary N) is 1. The van der Waals surface area contributed by atoms with Crippen LogP contribution in [-0.2, 0) is 0 Å². The molecule has 3 nitrogen and oxygen atoms in total. The molecule has 1 fully saturated rings. The van der Waals surface area contributed by atoms with E-state index in [-0.39, 0.29) is 5.54 Å². The van der Waals surface area contributed by atoms with Crippen molar-refractivity contribution in [3.05, 3.63) is 0 Å². The lowest BCUT2D eigenvalue weighted by Gasteiger charge is -2.44. The summed E-state index contributed by atoms with van der Waals surface area (Å²) < 4.78 is 0. The van der Waals surface area contributed by atoms with Crippen molar-refractivity contribution >= 4 is 0 Å². The Labute approximate surface area is 114 Å². The Bertz CT molecular complexity index is 230. The second-order valence-electron chi connectivity index (χ2n) is 7.01. The van der Waals surface area contributed by atoms with Gasteiger partial charge in [-0.3, -0.25) is 4.90 Å². The van der Waals surface area contributed by atoms with Gasteiger partial charge in [0.25, 0.3) is 0 Å². The number of hydrogen-bond acceptors (Lipinski definition) is 3. The maximum atomic E-state index is 3.71. The van der Waals surface area contributed by atoms with Crippen LogP contribution in [0.3, 0.4) is 0 Å². The first-order chi connectivity index (χ1) is 8.31. The van der Waals surface area contributed by atoms with Gasteiger partial charge in [-0.1, -0.05) is 13.8 Å². The van der Waals surface area contributed by atoms with Crippen LogP contribution in [0.1, 0.15) is 41.0 Å². The molecule has 3 heteroatoms. The Morgan fingerprint density at radius 1 is 1.06 bits per heavy atom. The van der Waals surface area contributed by atoms with Crippen LogP contribution < -0.4 is 5.32 Å². The molecule has 1 aliphatic heterocycles. The van der Waals surface area contributed by atoms with E-state index in [1.54, 1.807) is 0 Å². The molecule has 1 atom stereocenters. The van der Waals surface area contributed by atoms with Crippen LogP contribution in [0.5, 0.6) is 0 Å². The summed E-state index contributed by atoms with van der Waals surface area (Å²) in [4.78, 5) is 5.05. The molecule has 1 unspecified atom stereocenters. The Balaban J connectivity index is 2.34. The minimum Gasteiger partial charge on any atom is -0.312 e. The first kappa shape index (κ1) is 15.9. The topological polar surface area (TPSA) is 18.5 Å². The normalized spacial score (nSPS) is 21.5. The van der Waals surface area contributed by atoms with Crippen LogP contribution in [0.2, 0.25) is 0 Å². The minimum absolute atomic E-state index is 0.270. The van der Waals surface area contributed by atoms with Crippen molar-refractivity contribution in [3.63, 3.8) is 0 Å². The highest BCUT2D eigenvalue weighted by Crippen LogP contribution is 2.16. The molecule has 0 aromatic heterocycles. The van der Waals surface area contributed by atoms with Crippen molar-refractivity contribution in [3.8, 4) is 0 Å². The monoisotopic (exact) mass is 255 g/mol. The van der Waals surface area contributed by atoms with Gasteiger partial charge in [-0.2, -0.15) is 0 Å². The average Bonchev–Trinajstić information content (AvgIpc) is 2.26. The molecule has 1 aliphatic rings. The van der Waals surface area contributed by atoms with Crippen LogP contribution in [-0.4, -0.2) is 61.2 Å². The molecular formula is C15H33N3. The third-order valence-corrected chi connectivity index (χ3v) is 4.07. The molecule has 0 radical (unpaired) electrons. The molecule has 0 aromatic rings. The molecule has 0 amide bonds. The summed E-state index contributed by atoms with van der Waals surface area (Å²) >= 11 is 0. The van der Waals surface area contributed by atoms with E-state index in [1.165, 1.54) is 32.6 Å². The zero-order valence-corrected chi connectivity index (χ0v) is 13.3. The zero-order chi connectivity index (χ0) is 13.8. The van der Waals surface area contributed by atoms with Gasteiger partial charge in [0.2, 0.25) is 0 Å². The molecule has 0 saturated carbocycles. The summed E-state index contributed by atoms with van der Waals surface area (Å²) in [5.74, 6) is 0.777. The van der Waals surface area contributed by atoms with E-state index in [2.05, 4.69) is 56.8 Å². The van der Waals surface area contributed by atoms with Gasteiger partial charge >= 0.3 is 0 Å². The van der Waals surface area contributed by atoms with Gasteiger partial charge in [-0.15, -0.1) is 0 Å². The summed E-state index contributed by atoms with van der Waals surface area (Å²) in [6, 6.07) is 0.622. The second-order valence-corrected chi connectivity index (χ2v) is 7.01. The van der Waals surface area contributed by atoms with Crippen molar-refractivity contribution in [2.45, 2.75) is 52.6 Å². The third-order valence-electron chi connectivity index (χ3n) is 4.07. The van der Waals surface area contributed by atoms with E-state index >= 15 is 0 Å². The van der Waals surface area contributed by atoms with Gasteiger partial charge in [-0.05, 0) is 40.2 Å². The fourth-order valence-corrected chi connectivity index (χ4v) is 2.74. The van der Waals surface area contributed by atoms with Crippen LogP contribution in [0, 0.1) is 5.92 Å². The largest absolute Gasteiger partial charge is 0.312 e. The highest BCUT2D eigenvalue weighted by atomic mass is 15.3. The van der Waals surface area contributed by atoms with E-state index < -0.39 is 0 Å². The van der Waals surface area contributed by atoms with Crippen LogP contribution in [0.4, 0.5) is 0 Å². The fraction of sp³-hybridized carbons (Fsp3) is 1.00. The summed E-state index contributed by atoms with van der Waals surface area (Å²) in [6.07, 6.45) is 1.26. The molecule has 0 bridgehead atoms. The van der Waals surface area contributed by atoms with Crippen molar-refractivity contribution in [2.24, 2.45) is 5.92 Å². The number of nitrogens with zero attached hydrogens (tertiary/aromatic N) is 2. The molecule has 1 heterocycles.